The van der Waals surface area contributed by atoms with Crippen LogP contribution in [0.2, 0.25) is 0 Å². The topological polar surface area (TPSA) is 37.3 Å². The van der Waals surface area contributed by atoms with Gasteiger partial charge in [-0.3, -0.25) is 4.79 Å². The molecule has 82 valence electrons. The lowest BCUT2D eigenvalue weighted by Gasteiger charge is -2.10. The second-order valence-electron chi connectivity index (χ2n) is 3.65. The van der Waals surface area contributed by atoms with Crippen LogP contribution >= 0.6 is 0 Å². The first-order chi connectivity index (χ1) is 6.65. The minimum atomic E-state index is 0.0521. The van der Waals surface area contributed by atoms with E-state index in [4.69, 9.17) is 0 Å². The molecule has 0 heterocycles. The van der Waals surface area contributed by atoms with E-state index in [9.17, 15) is 9.90 Å². The monoisotopic (exact) mass is 198 g/mol. The number of aliphatic hydroxyl groups is 1. The van der Waals surface area contributed by atoms with Crippen LogP contribution in [0.25, 0.3) is 0 Å². The van der Waals surface area contributed by atoms with E-state index >= 15 is 0 Å². The van der Waals surface area contributed by atoms with E-state index in [1.165, 1.54) is 6.08 Å². The van der Waals surface area contributed by atoms with Crippen LogP contribution in [0.15, 0.2) is 11.8 Å². The van der Waals surface area contributed by atoms with Gasteiger partial charge in [-0.15, -0.1) is 0 Å². The minimum Gasteiger partial charge on any atom is -0.512 e. The van der Waals surface area contributed by atoms with Crippen molar-refractivity contribution in [3.8, 4) is 0 Å². The van der Waals surface area contributed by atoms with Gasteiger partial charge >= 0.3 is 0 Å². The van der Waals surface area contributed by atoms with E-state index in [0.29, 0.717) is 6.42 Å². The maximum atomic E-state index is 11.3. The quantitative estimate of drug-likeness (QED) is 0.501. The van der Waals surface area contributed by atoms with E-state index < -0.39 is 0 Å². The molecule has 0 saturated carbocycles. The summed E-state index contributed by atoms with van der Waals surface area (Å²) in [6.07, 6.45) is 5.67. The SMILES string of the molecule is CCCCC(=O)C=C(O)C(CC)CC. The lowest BCUT2D eigenvalue weighted by Crippen LogP contribution is -2.04. The molecule has 0 fully saturated rings. The first-order valence-electron chi connectivity index (χ1n) is 5.59. The average Bonchev–Trinajstić information content (AvgIpc) is 2.16. The third-order valence-corrected chi connectivity index (χ3v) is 2.49. The number of carbonyl (C=O) groups excluding carboxylic acids is 1. The zero-order chi connectivity index (χ0) is 11.0. The van der Waals surface area contributed by atoms with Crippen molar-refractivity contribution in [3.05, 3.63) is 11.8 Å². The lowest BCUT2D eigenvalue weighted by atomic mass is 9.99. The highest BCUT2D eigenvalue weighted by Gasteiger charge is 2.09. The summed E-state index contributed by atoms with van der Waals surface area (Å²) in [7, 11) is 0. The summed E-state index contributed by atoms with van der Waals surface area (Å²) >= 11 is 0. The summed E-state index contributed by atoms with van der Waals surface area (Å²) in [6.45, 7) is 6.10. The van der Waals surface area contributed by atoms with Gasteiger partial charge in [-0.1, -0.05) is 27.2 Å². The van der Waals surface area contributed by atoms with Crippen molar-refractivity contribution in [2.75, 3.05) is 0 Å². The van der Waals surface area contributed by atoms with Crippen molar-refractivity contribution in [2.45, 2.75) is 52.9 Å². The average molecular weight is 198 g/mol. The molecule has 0 aliphatic rings. The number of unbranched alkanes of at least 4 members (excludes halogenated alkanes) is 1. The van der Waals surface area contributed by atoms with Crippen molar-refractivity contribution < 1.29 is 9.90 Å². The molecule has 0 rings (SSSR count). The van der Waals surface area contributed by atoms with Crippen LogP contribution in [0.4, 0.5) is 0 Å². The fourth-order valence-corrected chi connectivity index (χ4v) is 1.41. The molecule has 0 spiro atoms. The third-order valence-electron chi connectivity index (χ3n) is 2.49. The Morgan fingerprint density at radius 2 is 1.86 bits per heavy atom. The predicted molar refractivity (Wildman–Crippen MR) is 59.3 cm³/mol. The van der Waals surface area contributed by atoms with Crippen molar-refractivity contribution in [2.24, 2.45) is 5.92 Å². The molecule has 0 aromatic heterocycles. The van der Waals surface area contributed by atoms with E-state index in [1.807, 2.05) is 13.8 Å². The normalized spacial score (nSPS) is 12.1. The zero-order valence-corrected chi connectivity index (χ0v) is 9.55. The number of ketones is 1. The Kier molecular flexibility index (Phi) is 7.17. The Bertz CT molecular complexity index is 190. The lowest BCUT2D eigenvalue weighted by molar-refractivity contribution is -0.114. The van der Waals surface area contributed by atoms with Crippen molar-refractivity contribution in [3.63, 3.8) is 0 Å². The molecule has 0 aliphatic heterocycles. The molecule has 0 radical (unpaired) electrons. The van der Waals surface area contributed by atoms with Gasteiger partial charge in [-0.05, 0) is 19.3 Å². The molecule has 2 nitrogen and oxygen atoms in total. The van der Waals surface area contributed by atoms with Gasteiger partial charge in [0, 0.05) is 18.4 Å². The summed E-state index contributed by atoms with van der Waals surface area (Å²) in [5.41, 5.74) is 0. The van der Waals surface area contributed by atoms with Gasteiger partial charge in [0.25, 0.3) is 0 Å². The molecule has 14 heavy (non-hydrogen) atoms. The maximum Gasteiger partial charge on any atom is 0.159 e. The van der Waals surface area contributed by atoms with Gasteiger partial charge in [0.1, 0.15) is 0 Å². The number of rotatable bonds is 7. The smallest absolute Gasteiger partial charge is 0.159 e. The maximum absolute atomic E-state index is 11.3. The van der Waals surface area contributed by atoms with Crippen LogP contribution in [-0.2, 0) is 4.79 Å². The van der Waals surface area contributed by atoms with E-state index in [1.54, 1.807) is 0 Å². The zero-order valence-electron chi connectivity index (χ0n) is 9.55. The van der Waals surface area contributed by atoms with E-state index in [2.05, 4.69) is 6.92 Å². The second-order valence-corrected chi connectivity index (χ2v) is 3.65. The van der Waals surface area contributed by atoms with Gasteiger partial charge in [0.2, 0.25) is 0 Å². The van der Waals surface area contributed by atoms with Crippen LogP contribution in [0, 0.1) is 5.92 Å². The summed E-state index contributed by atoms with van der Waals surface area (Å²) < 4.78 is 0. The van der Waals surface area contributed by atoms with E-state index in [0.717, 1.165) is 25.7 Å². The van der Waals surface area contributed by atoms with Gasteiger partial charge < -0.3 is 5.11 Å². The molecule has 0 aromatic rings. The molecule has 0 aliphatic carbocycles. The number of hydrogen-bond donors (Lipinski definition) is 1. The largest absolute Gasteiger partial charge is 0.512 e. The molecule has 2 heteroatoms. The summed E-state index contributed by atoms with van der Waals surface area (Å²) in [4.78, 5) is 11.3. The first-order valence-corrected chi connectivity index (χ1v) is 5.59. The Morgan fingerprint density at radius 3 is 2.29 bits per heavy atom. The molecule has 1 N–H and O–H groups in total. The number of carbonyl (C=O) groups is 1. The van der Waals surface area contributed by atoms with E-state index in [-0.39, 0.29) is 17.5 Å². The van der Waals surface area contributed by atoms with Crippen molar-refractivity contribution in [1.29, 1.82) is 0 Å². The van der Waals surface area contributed by atoms with Gasteiger partial charge in [0.05, 0.1) is 5.76 Å². The highest BCUT2D eigenvalue weighted by molar-refractivity contribution is 5.89. The van der Waals surface area contributed by atoms with Crippen LogP contribution in [0.3, 0.4) is 0 Å². The summed E-state index contributed by atoms with van der Waals surface area (Å²) in [5.74, 6) is 0.466. The van der Waals surface area contributed by atoms with Gasteiger partial charge in [-0.25, -0.2) is 0 Å². The molecule has 0 aromatic carbocycles. The first kappa shape index (κ1) is 13.2. The summed E-state index contributed by atoms with van der Waals surface area (Å²) in [5, 5.41) is 9.62. The number of hydrogen-bond acceptors (Lipinski definition) is 2. The Morgan fingerprint density at radius 1 is 1.29 bits per heavy atom. The van der Waals surface area contributed by atoms with Gasteiger partial charge in [-0.2, -0.15) is 0 Å². The number of aliphatic hydroxyl groups excluding tert-OH is 1. The van der Waals surface area contributed by atoms with Gasteiger partial charge in [0.15, 0.2) is 5.78 Å². The Hall–Kier alpha value is -0.790. The fraction of sp³-hybridized carbons (Fsp3) is 0.750. The van der Waals surface area contributed by atoms with Crippen LogP contribution in [-0.4, -0.2) is 10.9 Å². The molecule has 0 atom stereocenters. The highest BCUT2D eigenvalue weighted by atomic mass is 16.3. The Labute approximate surface area is 87.0 Å². The van der Waals surface area contributed by atoms with Crippen LogP contribution in [0.5, 0.6) is 0 Å². The molecule has 0 amide bonds. The number of allylic oxidation sites excluding steroid dienone is 2. The third kappa shape index (κ3) is 5.05. The van der Waals surface area contributed by atoms with Crippen molar-refractivity contribution in [1.82, 2.24) is 0 Å². The van der Waals surface area contributed by atoms with Crippen molar-refractivity contribution >= 4 is 5.78 Å². The molecule has 0 bridgehead atoms. The molecule has 0 saturated heterocycles. The van der Waals surface area contributed by atoms with Crippen LogP contribution < -0.4 is 0 Å². The second kappa shape index (κ2) is 7.60. The molecule has 0 unspecified atom stereocenters. The fourth-order valence-electron chi connectivity index (χ4n) is 1.41. The minimum absolute atomic E-state index is 0.0521. The molecular weight excluding hydrogens is 176 g/mol. The highest BCUT2D eigenvalue weighted by Crippen LogP contribution is 2.16. The summed E-state index contributed by atoms with van der Waals surface area (Å²) in [6, 6.07) is 0. The van der Waals surface area contributed by atoms with Crippen LogP contribution in [0.1, 0.15) is 52.9 Å². The predicted octanol–water partition coefficient (Wildman–Crippen LogP) is 3.62. The Balaban J connectivity index is 4.12. The standard InChI is InChI=1S/C12H22O2/c1-4-7-8-11(13)9-12(14)10(5-2)6-3/h9-10,14H,4-8H2,1-3H3. The molecular formula is C12H22O2.